The molecule has 1 saturated heterocycles. The minimum Gasteiger partial charge on any atom is -0.444 e. The van der Waals surface area contributed by atoms with Crippen molar-refractivity contribution in [3.8, 4) is 0 Å². The molecule has 28 heavy (non-hydrogen) atoms. The highest BCUT2D eigenvalue weighted by Gasteiger charge is 2.26. The lowest BCUT2D eigenvalue weighted by Gasteiger charge is -2.36. The molecule has 1 heterocycles. The van der Waals surface area contributed by atoms with Gasteiger partial charge in [0, 0.05) is 45.3 Å². The van der Waals surface area contributed by atoms with E-state index in [1.807, 2.05) is 32.9 Å². The van der Waals surface area contributed by atoms with Gasteiger partial charge in [-0.1, -0.05) is 12.1 Å². The van der Waals surface area contributed by atoms with E-state index in [2.05, 4.69) is 10.2 Å². The van der Waals surface area contributed by atoms with Crippen LogP contribution in [-0.4, -0.2) is 71.5 Å². The number of ether oxygens (including phenoxy) is 1. The van der Waals surface area contributed by atoms with Gasteiger partial charge in [0.15, 0.2) is 0 Å². The molecule has 0 bridgehead atoms. The van der Waals surface area contributed by atoms with Gasteiger partial charge in [-0.15, -0.1) is 0 Å². The molecule has 2 unspecified atom stereocenters. The Kier molecular flexibility index (Phi) is 7.26. The zero-order valence-electron chi connectivity index (χ0n) is 17.0. The molecular formula is C20H31N3O5. The second-order valence-corrected chi connectivity index (χ2v) is 8.00. The zero-order chi connectivity index (χ0) is 20.9. The number of hydrogen-bond donors (Lipinski definition) is 3. The third kappa shape index (κ3) is 6.38. The molecule has 1 aliphatic heterocycles. The summed E-state index contributed by atoms with van der Waals surface area (Å²) in [6.45, 7) is 9.43. The number of hydrogen-bond acceptors (Lipinski definition) is 6. The molecule has 2 amide bonds. The maximum Gasteiger partial charge on any atom is 0.410 e. The summed E-state index contributed by atoms with van der Waals surface area (Å²) in [7, 11) is 0. The molecule has 8 nitrogen and oxygen atoms in total. The van der Waals surface area contributed by atoms with Gasteiger partial charge in [0.1, 0.15) is 17.8 Å². The maximum absolute atomic E-state index is 12.1. The van der Waals surface area contributed by atoms with Crippen molar-refractivity contribution in [1.82, 2.24) is 10.2 Å². The summed E-state index contributed by atoms with van der Waals surface area (Å²) in [6.07, 6.45) is -2.45. The minimum atomic E-state index is -1.08. The number of piperazine rings is 1. The number of carbonyl (C=O) groups excluding carboxylic acids is 2. The second-order valence-electron chi connectivity index (χ2n) is 8.00. The van der Waals surface area contributed by atoms with Crippen molar-refractivity contribution in [2.45, 2.75) is 45.5 Å². The largest absolute Gasteiger partial charge is 0.444 e. The topological polar surface area (TPSA) is 102 Å². The first-order valence-corrected chi connectivity index (χ1v) is 9.50. The number of nitrogens with one attached hydrogen (secondary N) is 1. The van der Waals surface area contributed by atoms with E-state index in [4.69, 9.17) is 4.74 Å². The Morgan fingerprint density at radius 2 is 1.68 bits per heavy atom. The van der Waals surface area contributed by atoms with Crippen LogP contribution in [0.3, 0.4) is 0 Å². The standard InChI is InChI=1S/C20H31N3O5/c1-14(24)21-13-17(25)18(26)15-5-7-16(8-6-15)22-9-11-23(12-10-22)19(27)28-20(2,3)4/h5-8,17-18,25-26H,9-13H2,1-4H3,(H,21,24). The normalized spacial score (nSPS) is 17.1. The highest BCUT2D eigenvalue weighted by atomic mass is 16.6. The van der Waals surface area contributed by atoms with Crippen LogP contribution in [0.4, 0.5) is 10.5 Å². The van der Waals surface area contributed by atoms with Gasteiger partial charge in [-0.25, -0.2) is 4.79 Å². The fraction of sp³-hybridized carbons (Fsp3) is 0.600. The lowest BCUT2D eigenvalue weighted by atomic mass is 10.0. The fourth-order valence-electron chi connectivity index (χ4n) is 2.94. The average Bonchev–Trinajstić information content (AvgIpc) is 2.64. The molecule has 8 heteroatoms. The summed E-state index contributed by atoms with van der Waals surface area (Å²) in [5.74, 6) is -0.257. The average molecular weight is 393 g/mol. The predicted octanol–water partition coefficient (Wildman–Crippen LogP) is 1.27. The highest BCUT2D eigenvalue weighted by Crippen LogP contribution is 2.23. The molecule has 0 saturated carbocycles. The smallest absolute Gasteiger partial charge is 0.410 e. The Bertz CT molecular complexity index is 663. The quantitative estimate of drug-likeness (QED) is 0.696. The number of nitrogens with zero attached hydrogens (tertiary/aromatic N) is 2. The van der Waals surface area contributed by atoms with E-state index in [-0.39, 0.29) is 18.5 Å². The predicted molar refractivity (Wildman–Crippen MR) is 106 cm³/mol. The molecule has 1 aromatic carbocycles. The van der Waals surface area contributed by atoms with Crippen molar-refractivity contribution in [1.29, 1.82) is 0 Å². The number of rotatable bonds is 5. The number of aliphatic hydroxyl groups is 2. The third-order valence-electron chi connectivity index (χ3n) is 4.46. The van der Waals surface area contributed by atoms with E-state index in [1.54, 1.807) is 17.0 Å². The van der Waals surface area contributed by atoms with Crippen LogP contribution in [0.25, 0.3) is 0 Å². The van der Waals surface area contributed by atoms with Crippen LogP contribution >= 0.6 is 0 Å². The number of benzene rings is 1. The fourth-order valence-corrected chi connectivity index (χ4v) is 2.94. The van der Waals surface area contributed by atoms with Gasteiger partial charge >= 0.3 is 6.09 Å². The van der Waals surface area contributed by atoms with Gasteiger partial charge in [-0.05, 0) is 38.5 Å². The van der Waals surface area contributed by atoms with Gasteiger partial charge in [-0.3, -0.25) is 4.79 Å². The molecule has 0 aliphatic carbocycles. The van der Waals surface area contributed by atoms with Crippen LogP contribution in [0, 0.1) is 0 Å². The SMILES string of the molecule is CC(=O)NCC(O)C(O)c1ccc(N2CCN(C(=O)OC(C)(C)C)CC2)cc1. The number of carbonyl (C=O) groups is 2. The van der Waals surface area contributed by atoms with E-state index < -0.39 is 17.8 Å². The molecule has 0 radical (unpaired) electrons. The molecule has 156 valence electrons. The van der Waals surface area contributed by atoms with E-state index in [0.29, 0.717) is 31.7 Å². The Morgan fingerprint density at radius 3 is 2.18 bits per heavy atom. The Labute approximate surface area is 166 Å². The molecule has 2 rings (SSSR count). The molecular weight excluding hydrogens is 362 g/mol. The summed E-state index contributed by atoms with van der Waals surface area (Å²) < 4.78 is 5.41. The number of amides is 2. The van der Waals surface area contributed by atoms with E-state index in [0.717, 1.165) is 5.69 Å². The lowest BCUT2D eigenvalue weighted by molar-refractivity contribution is -0.119. The molecule has 1 aromatic rings. The van der Waals surface area contributed by atoms with Crippen molar-refractivity contribution in [2.75, 3.05) is 37.6 Å². The summed E-state index contributed by atoms with van der Waals surface area (Å²) in [4.78, 5) is 26.9. The Hall–Kier alpha value is -2.32. The van der Waals surface area contributed by atoms with Crippen molar-refractivity contribution >= 4 is 17.7 Å². The van der Waals surface area contributed by atoms with Gasteiger partial charge in [0.2, 0.25) is 5.91 Å². The summed E-state index contributed by atoms with van der Waals surface area (Å²) >= 11 is 0. The van der Waals surface area contributed by atoms with E-state index >= 15 is 0 Å². The second kappa shape index (κ2) is 9.25. The summed E-state index contributed by atoms with van der Waals surface area (Å²) in [6, 6.07) is 7.29. The molecule has 3 N–H and O–H groups in total. The number of aliphatic hydroxyl groups excluding tert-OH is 2. The zero-order valence-corrected chi connectivity index (χ0v) is 17.0. The molecule has 1 aliphatic rings. The van der Waals surface area contributed by atoms with E-state index in [9.17, 15) is 19.8 Å². The maximum atomic E-state index is 12.1. The minimum absolute atomic E-state index is 0.00905. The highest BCUT2D eigenvalue weighted by molar-refractivity contribution is 5.72. The third-order valence-corrected chi connectivity index (χ3v) is 4.46. The van der Waals surface area contributed by atoms with Crippen LogP contribution in [-0.2, 0) is 9.53 Å². The van der Waals surface area contributed by atoms with Gasteiger partial charge in [-0.2, -0.15) is 0 Å². The molecule has 2 atom stereocenters. The van der Waals surface area contributed by atoms with Crippen molar-refractivity contribution in [3.05, 3.63) is 29.8 Å². The van der Waals surface area contributed by atoms with Crippen LogP contribution < -0.4 is 10.2 Å². The first-order valence-electron chi connectivity index (χ1n) is 9.50. The van der Waals surface area contributed by atoms with Crippen molar-refractivity contribution < 1.29 is 24.5 Å². The number of anilines is 1. The van der Waals surface area contributed by atoms with Gasteiger partial charge in [0.25, 0.3) is 0 Å². The van der Waals surface area contributed by atoms with Gasteiger partial charge < -0.3 is 30.1 Å². The molecule has 1 fully saturated rings. The first-order chi connectivity index (χ1) is 13.1. The van der Waals surface area contributed by atoms with Crippen molar-refractivity contribution in [2.24, 2.45) is 0 Å². The monoisotopic (exact) mass is 393 g/mol. The lowest BCUT2D eigenvalue weighted by Crippen LogP contribution is -2.50. The molecule has 0 spiro atoms. The van der Waals surface area contributed by atoms with Crippen LogP contribution in [0.5, 0.6) is 0 Å². The van der Waals surface area contributed by atoms with Crippen LogP contribution in [0.1, 0.15) is 39.4 Å². The van der Waals surface area contributed by atoms with E-state index in [1.165, 1.54) is 6.92 Å². The first kappa shape index (κ1) is 22.0. The van der Waals surface area contributed by atoms with Crippen LogP contribution in [0.2, 0.25) is 0 Å². The Balaban J connectivity index is 1.89. The Morgan fingerprint density at radius 1 is 1.11 bits per heavy atom. The molecule has 0 aromatic heterocycles. The summed E-state index contributed by atoms with van der Waals surface area (Å²) in [5.41, 5.74) is 1.06. The van der Waals surface area contributed by atoms with Crippen LogP contribution in [0.15, 0.2) is 24.3 Å². The summed E-state index contributed by atoms with van der Waals surface area (Å²) in [5, 5.41) is 22.7. The van der Waals surface area contributed by atoms with Crippen molar-refractivity contribution in [3.63, 3.8) is 0 Å². The van der Waals surface area contributed by atoms with Gasteiger partial charge in [0.05, 0.1) is 0 Å².